The Balaban J connectivity index is 2.15. The van der Waals surface area contributed by atoms with E-state index in [1.165, 1.54) is 0 Å². The van der Waals surface area contributed by atoms with Gasteiger partial charge in [0.25, 0.3) is 0 Å². The topological polar surface area (TPSA) is 79.9 Å². The number of hydrogen-bond acceptors (Lipinski definition) is 5. The molecule has 2 aliphatic rings. The molecular weight excluding hydrogens is 320 g/mol. The van der Waals surface area contributed by atoms with Crippen molar-refractivity contribution in [2.24, 2.45) is 0 Å². The number of hydrogen-bond donors (Lipinski definition) is 2. The maximum absolute atomic E-state index is 12.7. The predicted molar refractivity (Wildman–Crippen MR) is 94.7 cm³/mol. The van der Waals surface area contributed by atoms with Gasteiger partial charge in [0.05, 0.1) is 11.0 Å². The lowest BCUT2D eigenvalue weighted by Gasteiger charge is -2.45. The lowest BCUT2D eigenvalue weighted by Crippen LogP contribution is -2.49. The lowest BCUT2D eigenvalue weighted by molar-refractivity contribution is -0.0476. The summed E-state index contributed by atoms with van der Waals surface area (Å²) in [6, 6.07) is 5.49. The Morgan fingerprint density at radius 2 is 1.96 bits per heavy atom. The van der Waals surface area contributed by atoms with E-state index in [1.54, 1.807) is 13.0 Å². The monoisotopic (exact) mass is 342 g/mol. The third-order valence-corrected chi connectivity index (χ3v) is 5.52. The molecule has 0 radical (unpaired) electrons. The number of benzene rings is 1. The van der Waals surface area contributed by atoms with Crippen molar-refractivity contribution in [3.05, 3.63) is 45.3 Å². The number of fused-ring (bicyclic) bond motifs is 4. The highest BCUT2D eigenvalue weighted by Crippen LogP contribution is 2.50. The first kappa shape index (κ1) is 16.4. The summed E-state index contributed by atoms with van der Waals surface area (Å²) in [5.74, 6) is 0.435. The zero-order valence-electron chi connectivity index (χ0n) is 14.8. The molecule has 5 nitrogen and oxygen atoms in total. The maximum atomic E-state index is 12.7. The van der Waals surface area contributed by atoms with E-state index in [1.807, 2.05) is 32.9 Å². The third kappa shape index (κ3) is 2.19. The largest absolute Gasteiger partial charge is 0.482 e. The summed E-state index contributed by atoms with van der Waals surface area (Å²) >= 11 is 0. The van der Waals surface area contributed by atoms with Gasteiger partial charge in [0, 0.05) is 5.57 Å². The van der Waals surface area contributed by atoms with Crippen LogP contribution in [0.4, 0.5) is 0 Å². The Kier molecular flexibility index (Phi) is 3.25. The molecule has 1 aromatic carbocycles. The summed E-state index contributed by atoms with van der Waals surface area (Å²) in [6.45, 7) is 7.38. The number of aryl methyl sites for hydroxylation is 1. The van der Waals surface area contributed by atoms with Crippen LogP contribution < -0.4 is 10.4 Å². The van der Waals surface area contributed by atoms with Crippen molar-refractivity contribution < 1.29 is 19.4 Å². The Morgan fingerprint density at radius 3 is 2.68 bits per heavy atom. The van der Waals surface area contributed by atoms with Gasteiger partial charge in [-0.1, -0.05) is 12.1 Å². The second kappa shape index (κ2) is 4.96. The van der Waals surface area contributed by atoms with E-state index in [-0.39, 0.29) is 5.56 Å². The summed E-state index contributed by atoms with van der Waals surface area (Å²) in [5.41, 5.74) is 0.409. The average molecular weight is 342 g/mol. The first-order chi connectivity index (χ1) is 11.6. The van der Waals surface area contributed by atoms with Gasteiger partial charge in [-0.25, -0.2) is 4.79 Å². The van der Waals surface area contributed by atoms with E-state index < -0.39 is 22.9 Å². The van der Waals surface area contributed by atoms with Gasteiger partial charge in [-0.05, 0) is 57.7 Å². The quantitative estimate of drug-likeness (QED) is 0.720. The van der Waals surface area contributed by atoms with Crippen LogP contribution in [0, 0.1) is 6.92 Å². The van der Waals surface area contributed by atoms with Gasteiger partial charge < -0.3 is 19.4 Å². The van der Waals surface area contributed by atoms with Crippen LogP contribution >= 0.6 is 0 Å². The molecule has 0 amide bonds. The van der Waals surface area contributed by atoms with E-state index in [0.29, 0.717) is 29.7 Å². The Morgan fingerprint density at radius 1 is 1.24 bits per heavy atom. The van der Waals surface area contributed by atoms with Crippen LogP contribution in [0.5, 0.6) is 5.75 Å². The van der Waals surface area contributed by atoms with Crippen molar-refractivity contribution in [1.82, 2.24) is 0 Å². The third-order valence-electron chi connectivity index (χ3n) is 5.52. The standard InChI is InChI=1S/C20H22O5/c1-10-6-5-7-12-13(10)16-15(18(22)24-12)14-11(19(2,3)25-16)8-9-20(4,23)17(14)21/h5-7,17,21,23H,8-9H2,1-4H3. The Labute approximate surface area is 145 Å². The minimum absolute atomic E-state index is 0.239. The van der Waals surface area contributed by atoms with Crippen LogP contribution in [-0.2, 0) is 0 Å². The van der Waals surface area contributed by atoms with Crippen LogP contribution in [0.1, 0.15) is 44.7 Å². The van der Waals surface area contributed by atoms with Crippen LogP contribution in [-0.4, -0.2) is 27.5 Å². The van der Waals surface area contributed by atoms with Gasteiger partial charge >= 0.3 is 5.63 Å². The molecule has 0 bridgehead atoms. The first-order valence-electron chi connectivity index (χ1n) is 8.53. The Hall–Kier alpha value is -2.11. The molecule has 1 aromatic heterocycles. The van der Waals surface area contributed by atoms with Crippen molar-refractivity contribution in [2.45, 2.75) is 57.8 Å². The Bertz CT molecular complexity index is 977. The van der Waals surface area contributed by atoms with Crippen molar-refractivity contribution in [1.29, 1.82) is 0 Å². The van der Waals surface area contributed by atoms with Gasteiger partial charge in [-0.3, -0.25) is 0 Å². The molecule has 2 N–H and O–H groups in total. The highest BCUT2D eigenvalue weighted by atomic mass is 16.5. The first-order valence-corrected chi connectivity index (χ1v) is 8.53. The van der Waals surface area contributed by atoms with E-state index >= 15 is 0 Å². The lowest BCUT2D eigenvalue weighted by atomic mass is 9.71. The summed E-state index contributed by atoms with van der Waals surface area (Å²) in [4.78, 5) is 12.7. The summed E-state index contributed by atoms with van der Waals surface area (Å²) in [5, 5.41) is 22.1. The molecule has 0 saturated heterocycles. The van der Waals surface area contributed by atoms with Crippen LogP contribution in [0.15, 0.2) is 33.0 Å². The number of aliphatic hydroxyl groups is 2. The van der Waals surface area contributed by atoms with E-state index in [2.05, 4.69) is 0 Å². The molecular formula is C20H22O5. The van der Waals surface area contributed by atoms with E-state index in [0.717, 1.165) is 16.5 Å². The SMILES string of the molecule is Cc1cccc2oc(=O)c3c(c12)OC(C)(C)C1=C3C(O)C(C)(O)CC1. The fraction of sp³-hybridized carbons (Fsp3) is 0.450. The summed E-state index contributed by atoms with van der Waals surface area (Å²) in [6.07, 6.45) is -0.202. The van der Waals surface area contributed by atoms with Gasteiger partial charge in [-0.15, -0.1) is 0 Å². The fourth-order valence-electron chi connectivity index (χ4n) is 4.07. The molecule has 0 fully saturated rings. The molecule has 0 saturated carbocycles. The highest BCUT2D eigenvalue weighted by Gasteiger charge is 2.48. The minimum Gasteiger partial charge on any atom is -0.482 e. The van der Waals surface area contributed by atoms with Crippen molar-refractivity contribution in [3.8, 4) is 5.75 Å². The fourth-order valence-corrected chi connectivity index (χ4v) is 4.07. The smallest absolute Gasteiger partial charge is 0.347 e. The van der Waals surface area contributed by atoms with Crippen molar-refractivity contribution >= 4 is 16.5 Å². The molecule has 1 aliphatic heterocycles. The van der Waals surface area contributed by atoms with Crippen LogP contribution in [0.3, 0.4) is 0 Å². The second-order valence-corrected chi connectivity index (χ2v) is 7.81. The van der Waals surface area contributed by atoms with Gasteiger partial charge in [0.15, 0.2) is 0 Å². The molecule has 2 atom stereocenters. The maximum Gasteiger partial charge on any atom is 0.347 e. The average Bonchev–Trinajstić information content (AvgIpc) is 2.50. The normalized spacial score (nSPS) is 27.7. The van der Waals surface area contributed by atoms with Crippen molar-refractivity contribution in [2.75, 3.05) is 0 Å². The van der Waals surface area contributed by atoms with Gasteiger partial charge in [0.1, 0.15) is 28.6 Å². The molecule has 1 aliphatic carbocycles. The number of aliphatic hydroxyl groups excluding tert-OH is 1. The van der Waals surface area contributed by atoms with Crippen LogP contribution in [0.2, 0.25) is 0 Å². The summed E-state index contributed by atoms with van der Waals surface area (Å²) in [7, 11) is 0. The van der Waals surface area contributed by atoms with Crippen LogP contribution in [0.25, 0.3) is 16.5 Å². The minimum atomic E-state index is -1.29. The predicted octanol–water partition coefficient (Wildman–Crippen LogP) is 2.93. The zero-order valence-corrected chi connectivity index (χ0v) is 14.8. The van der Waals surface area contributed by atoms with E-state index in [9.17, 15) is 15.0 Å². The van der Waals surface area contributed by atoms with Gasteiger partial charge in [-0.2, -0.15) is 0 Å². The molecule has 4 rings (SSSR count). The number of rotatable bonds is 0. The molecule has 2 heterocycles. The second-order valence-electron chi connectivity index (χ2n) is 7.81. The molecule has 132 valence electrons. The molecule has 25 heavy (non-hydrogen) atoms. The number of ether oxygens (including phenoxy) is 1. The molecule has 2 unspecified atom stereocenters. The zero-order chi connectivity index (χ0) is 18.1. The summed E-state index contributed by atoms with van der Waals surface area (Å²) < 4.78 is 11.8. The molecule has 5 heteroatoms. The molecule has 2 aromatic rings. The highest BCUT2D eigenvalue weighted by molar-refractivity contribution is 5.94. The molecule has 0 spiro atoms. The van der Waals surface area contributed by atoms with E-state index in [4.69, 9.17) is 9.15 Å². The van der Waals surface area contributed by atoms with Crippen molar-refractivity contribution in [3.63, 3.8) is 0 Å². The van der Waals surface area contributed by atoms with Gasteiger partial charge in [0.2, 0.25) is 0 Å².